The molecular formula is C18H21NO4S. The number of hydrogen-bond donors (Lipinski definition) is 1. The molecule has 0 spiro atoms. The van der Waals surface area contributed by atoms with E-state index in [2.05, 4.69) is 5.32 Å². The van der Waals surface area contributed by atoms with Crippen LogP contribution in [0.15, 0.2) is 41.3 Å². The zero-order valence-electron chi connectivity index (χ0n) is 14.2. The highest BCUT2D eigenvalue weighted by Crippen LogP contribution is 2.40. The van der Waals surface area contributed by atoms with Crippen molar-refractivity contribution in [1.82, 2.24) is 0 Å². The molecule has 24 heavy (non-hydrogen) atoms. The zero-order chi connectivity index (χ0) is 17.5. The van der Waals surface area contributed by atoms with E-state index in [4.69, 9.17) is 14.2 Å². The van der Waals surface area contributed by atoms with Gasteiger partial charge in [-0.05, 0) is 18.6 Å². The van der Waals surface area contributed by atoms with Gasteiger partial charge in [-0.2, -0.15) is 0 Å². The topological polar surface area (TPSA) is 56.8 Å². The van der Waals surface area contributed by atoms with E-state index in [0.29, 0.717) is 28.7 Å². The van der Waals surface area contributed by atoms with E-state index in [1.165, 1.54) is 33.1 Å². The number of carbonyl (C=O) groups excluding carboxylic acids is 1. The molecule has 0 unspecified atom stereocenters. The van der Waals surface area contributed by atoms with Crippen molar-refractivity contribution in [3.05, 3.63) is 42.0 Å². The third-order valence-corrected chi connectivity index (χ3v) is 4.58. The molecule has 6 heteroatoms. The highest BCUT2D eigenvalue weighted by Gasteiger charge is 2.14. The third-order valence-electron chi connectivity index (χ3n) is 3.40. The number of amides is 1. The lowest BCUT2D eigenvalue weighted by Crippen LogP contribution is -2.14. The van der Waals surface area contributed by atoms with Crippen LogP contribution in [0.3, 0.4) is 0 Å². The predicted octanol–water partition coefficient (Wildman–Crippen LogP) is 3.75. The van der Waals surface area contributed by atoms with Crippen molar-refractivity contribution in [1.29, 1.82) is 0 Å². The second kappa shape index (κ2) is 8.49. The van der Waals surface area contributed by atoms with Crippen LogP contribution in [0.25, 0.3) is 0 Å². The summed E-state index contributed by atoms with van der Waals surface area (Å²) in [6.45, 7) is 2.03. The molecule has 1 amide bonds. The lowest BCUT2D eigenvalue weighted by atomic mass is 10.2. The summed E-state index contributed by atoms with van der Waals surface area (Å²) in [4.78, 5) is 13.3. The van der Waals surface area contributed by atoms with Gasteiger partial charge in [0, 0.05) is 22.7 Å². The lowest BCUT2D eigenvalue weighted by Gasteiger charge is -2.14. The number of nitrogens with one attached hydrogen (secondary N) is 1. The molecule has 0 atom stereocenters. The van der Waals surface area contributed by atoms with E-state index in [1.807, 2.05) is 31.2 Å². The van der Waals surface area contributed by atoms with E-state index in [0.717, 1.165) is 10.5 Å². The van der Waals surface area contributed by atoms with Gasteiger partial charge in [-0.25, -0.2) is 0 Å². The Balaban J connectivity index is 2.07. The molecule has 2 aromatic carbocycles. The molecule has 0 bridgehead atoms. The number of aryl methyl sites for hydroxylation is 1. The van der Waals surface area contributed by atoms with Crippen LogP contribution < -0.4 is 19.5 Å². The summed E-state index contributed by atoms with van der Waals surface area (Å²) in [6.07, 6.45) is 0. The molecule has 0 aliphatic carbocycles. The first kappa shape index (κ1) is 18.0. The largest absolute Gasteiger partial charge is 0.493 e. The molecule has 1 N–H and O–H groups in total. The molecule has 0 aliphatic heterocycles. The van der Waals surface area contributed by atoms with Crippen molar-refractivity contribution in [3.63, 3.8) is 0 Å². The summed E-state index contributed by atoms with van der Waals surface area (Å²) < 4.78 is 15.8. The van der Waals surface area contributed by atoms with E-state index < -0.39 is 0 Å². The summed E-state index contributed by atoms with van der Waals surface area (Å²) in [7, 11) is 4.62. The van der Waals surface area contributed by atoms with Gasteiger partial charge >= 0.3 is 0 Å². The van der Waals surface area contributed by atoms with Crippen LogP contribution >= 0.6 is 11.8 Å². The first-order valence-electron chi connectivity index (χ1n) is 7.37. The molecule has 128 valence electrons. The number of rotatable bonds is 7. The second-order valence-corrected chi connectivity index (χ2v) is 6.03. The number of thioether (sulfide) groups is 1. The number of anilines is 1. The van der Waals surface area contributed by atoms with Gasteiger partial charge in [0.1, 0.15) is 0 Å². The number of ether oxygens (including phenoxy) is 3. The molecule has 2 rings (SSSR count). The fourth-order valence-electron chi connectivity index (χ4n) is 2.21. The highest BCUT2D eigenvalue weighted by atomic mass is 32.2. The molecule has 5 nitrogen and oxygen atoms in total. The maximum Gasteiger partial charge on any atom is 0.234 e. The summed E-state index contributed by atoms with van der Waals surface area (Å²) in [6, 6.07) is 11.4. The number of carbonyl (C=O) groups is 1. The number of benzene rings is 2. The van der Waals surface area contributed by atoms with Crippen LogP contribution in [0, 0.1) is 6.92 Å². The van der Waals surface area contributed by atoms with Gasteiger partial charge in [0.15, 0.2) is 11.5 Å². The van der Waals surface area contributed by atoms with Gasteiger partial charge in [0.05, 0.1) is 27.1 Å². The summed E-state index contributed by atoms with van der Waals surface area (Å²) in [5, 5.41) is 2.86. The number of methoxy groups -OCH3 is 3. The molecular weight excluding hydrogens is 326 g/mol. The lowest BCUT2D eigenvalue weighted by molar-refractivity contribution is -0.113. The predicted molar refractivity (Wildman–Crippen MR) is 96.6 cm³/mol. The minimum Gasteiger partial charge on any atom is -0.493 e. The van der Waals surface area contributed by atoms with Crippen molar-refractivity contribution < 1.29 is 19.0 Å². The Morgan fingerprint density at radius 1 is 1.04 bits per heavy atom. The Kier molecular flexibility index (Phi) is 6.37. The van der Waals surface area contributed by atoms with Crippen LogP contribution in [-0.4, -0.2) is 33.0 Å². The molecule has 0 fully saturated rings. The van der Waals surface area contributed by atoms with Gasteiger partial charge in [-0.3, -0.25) is 4.79 Å². The first-order chi connectivity index (χ1) is 11.6. The zero-order valence-corrected chi connectivity index (χ0v) is 15.0. The molecule has 0 saturated heterocycles. The van der Waals surface area contributed by atoms with Gasteiger partial charge in [0.2, 0.25) is 11.7 Å². The van der Waals surface area contributed by atoms with E-state index in [1.54, 1.807) is 12.1 Å². The fourth-order valence-corrected chi connectivity index (χ4v) is 3.04. The van der Waals surface area contributed by atoms with Crippen molar-refractivity contribution in [3.8, 4) is 17.2 Å². The molecule has 2 aromatic rings. The molecule has 0 radical (unpaired) electrons. The normalized spacial score (nSPS) is 10.2. The van der Waals surface area contributed by atoms with E-state index in [-0.39, 0.29) is 5.91 Å². The maximum atomic E-state index is 12.2. The second-order valence-electron chi connectivity index (χ2n) is 5.02. The average molecular weight is 347 g/mol. The minimum atomic E-state index is -0.0995. The highest BCUT2D eigenvalue weighted by molar-refractivity contribution is 8.00. The van der Waals surface area contributed by atoms with Crippen molar-refractivity contribution in [2.24, 2.45) is 0 Å². The summed E-state index contributed by atoms with van der Waals surface area (Å²) in [5.74, 6) is 1.71. The quantitative estimate of drug-likeness (QED) is 0.773. The molecule has 0 aromatic heterocycles. The monoisotopic (exact) mass is 347 g/mol. The minimum absolute atomic E-state index is 0.0995. The first-order valence-corrected chi connectivity index (χ1v) is 8.36. The average Bonchev–Trinajstić information content (AvgIpc) is 2.60. The van der Waals surface area contributed by atoms with E-state index >= 15 is 0 Å². The summed E-state index contributed by atoms with van der Waals surface area (Å²) in [5.41, 5.74) is 1.75. The smallest absolute Gasteiger partial charge is 0.234 e. The van der Waals surface area contributed by atoms with Crippen molar-refractivity contribution in [2.75, 3.05) is 32.4 Å². The molecule has 0 heterocycles. The Hall–Kier alpha value is -2.34. The van der Waals surface area contributed by atoms with Gasteiger partial charge < -0.3 is 19.5 Å². The molecule has 0 saturated carbocycles. The maximum absolute atomic E-state index is 12.2. The van der Waals surface area contributed by atoms with Crippen molar-refractivity contribution >= 4 is 23.4 Å². The third kappa shape index (κ3) is 4.35. The van der Waals surface area contributed by atoms with Gasteiger partial charge in [-0.15, -0.1) is 11.8 Å². The van der Waals surface area contributed by atoms with Crippen LogP contribution in [0.1, 0.15) is 5.56 Å². The Morgan fingerprint density at radius 3 is 2.21 bits per heavy atom. The SMILES string of the molecule is COc1cc(NC(=O)CSc2ccccc2C)cc(OC)c1OC. The van der Waals surface area contributed by atoms with Crippen LogP contribution in [-0.2, 0) is 4.79 Å². The van der Waals surface area contributed by atoms with Gasteiger partial charge in [-0.1, -0.05) is 18.2 Å². The van der Waals surface area contributed by atoms with Crippen LogP contribution in [0.2, 0.25) is 0 Å². The van der Waals surface area contributed by atoms with Crippen LogP contribution in [0.4, 0.5) is 5.69 Å². The van der Waals surface area contributed by atoms with E-state index in [9.17, 15) is 4.79 Å². The fraction of sp³-hybridized carbons (Fsp3) is 0.278. The Bertz CT molecular complexity index is 693. The van der Waals surface area contributed by atoms with Crippen LogP contribution in [0.5, 0.6) is 17.2 Å². The Labute approximate surface area is 146 Å². The number of hydrogen-bond acceptors (Lipinski definition) is 5. The summed E-state index contributed by atoms with van der Waals surface area (Å²) >= 11 is 1.50. The van der Waals surface area contributed by atoms with Crippen molar-refractivity contribution in [2.45, 2.75) is 11.8 Å². The van der Waals surface area contributed by atoms with Gasteiger partial charge in [0.25, 0.3) is 0 Å². The standard InChI is InChI=1S/C18H21NO4S/c1-12-7-5-6-8-16(12)24-11-17(20)19-13-9-14(21-2)18(23-4)15(10-13)22-3/h5-10H,11H2,1-4H3,(H,19,20). The Morgan fingerprint density at radius 2 is 1.67 bits per heavy atom. The molecule has 0 aliphatic rings.